The maximum absolute atomic E-state index is 11.1. The van der Waals surface area contributed by atoms with Crippen LogP contribution in [0.2, 0.25) is 0 Å². The Labute approximate surface area is 66.6 Å². The summed E-state index contributed by atoms with van der Waals surface area (Å²) in [5.74, 6) is 0.0589. The Morgan fingerprint density at radius 1 is 1.82 bits per heavy atom. The van der Waals surface area contributed by atoms with Gasteiger partial charge in [-0.25, -0.2) is 5.06 Å². The van der Waals surface area contributed by atoms with Crippen LogP contribution in [0.15, 0.2) is 12.7 Å². The number of carbonyl (C=O) groups is 1. The zero-order valence-electron chi connectivity index (χ0n) is 6.75. The second-order valence-electron chi connectivity index (χ2n) is 2.60. The summed E-state index contributed by atoms with van der Waals surface area (Å²) in [5, 5.41) is 1.40. The van der Waals surface area contributed by atoms with Gasteiger partial charge in [-0.1, -0.05) is 6.08 Å². The highest BCUT2D eigenvalue weighted by atomic mass is 16.7. The molecule has 62 valence electrons. The van der Waals surface area contributed by atoms with Gasteiger partial charge >= 0.3 is 0 Å². The molecule has 0 spiro atoms. The fourth-order valence-corrected chi connectivity index (χ4v) is 1.33. The summed E-state index contributed by atoms with van der Waals surface area (Å²) in [7, 11) is 1.51. The van der Waals surface area contributed by atoms with Crippen LogP contribution in [-0.2, 0) is 9.63 Å². The Balaban J connectivity index is 2.63. The molecule has 1 atom stereocenters. The molecule has 3 nitrogen and oxygen atoms in total. The second-order valence-corrected chi connectivity index (χ2v) is 2.60. The van der Waals surface area contributed by atoms with Crippen LogP contribution in [-0.4, -0.2) is 24.1 Å². The lowest BCUT2D eigenvalue weighted by atomic mass is 10.0. The largest absolute Gasteiger partial charge is 0.274 e. The van der Waals surface area contributed by atoms with Gasteiger partial charge < -0.3 is 0 Å². The van der Waals surface area contributed by atoms with Gasteiger partial charge in [0.05, 0.1) is 13.2 Å². The summed E-state index contributed by atoms with van der Waals surface area (Å²) in [4.78, 5) is 16.1. The van der Waals surface area contributed by atoms with Crippen molar-refractivity contribution in [3.05, 3.63) is 12.7 Å². The minimum atomic E-state index is 0.0589. The average Bonchev–Trinajstić information content (AvgIpc) is 2.04. The third kappa shape index (κ3) is 1.60. The SMILES string of the molecule is C=C[C@@H]1CCCC(=O)N1OC. The lowest BCUT2D eigenvalue weighted by molar-refractivity contribution is -0.189. The molecule has 1 heterocycles. The van der Waals surface area contributed by atoms with Gasteiger partial charge in [-0.3, -0.25) is 9.63 Å². The van der Waals surface area contributed by atoms with Crippen LogP contribution >= 0.6 is 0 Å². The van der Waals surface area contributed by atoms with E-state index < -0.39 is 0 Å². The van der Waals surface area contributed by atoms with E-state index in [1.807, 2.05) is 0 Å². The van der Waals surface area contributed by atoms with Crippen molar-refractivity contribution in [1.29, 1.82) is 0 Å². The molecule has 1 aliphatic rings. The Hall–Kier alpha value is -0.830. The first-order valence-corrected chi connectivity index (χ1v) is 3.78. The van der Waals surface area contributed by atoms with E-state index in [-0.39, 0.29) is 11.9 Å². The van der Waals surface area contributed by atoms with Crippen LogP contribution < -0.4 is 0 Å². The zero-order chi connectivity index (χ0) is 8.27. The molecule has 0 aromatic rings. The summed E-state index contributed by atoms with van der Waals surface area (Å²) < 4.78 is 0. The van der Waals surface area contributed by atoms with Crippen LogP contribution in [0.4, 0.5) is 0 Å². The second kappa shape index (κ2) is 3.53. The molecule has 0 unspecified atom stereocenters. The van der Waals surface area contributed by atoms with Crippen molar-refractivity contribution in [2.75, 3.05) is 7.11 Å². The van der Waals surface area contributed by atoms with E-state index in [1.165, 1.54) is 12.2 Å². The number of hydrogen-bond donors (Lipinski definition) is 0. The van der Waals surface area contributed by atoms with Gasteiger partial charge in [0.25, 0.3) is 0 Å². The molecule has 0 aromatic carbocycles. The third-order valence-electron chi connectivity index (χ3n) is 1.91. The lowest BCUT2D eigenvalue weighted by Gasteiger charge is -2.30. The molecule has 1 saturated heterocycles. The molecule has 0 aliphatic carbocycles. The molecule has 1 rings (SSSR count). The standard InChI is InChI=1S/C8H13NO2/c1-3-7-5-4-6-8(10)9(7)11-2/h3,7H,1,4-6H2,2H3/t7-/m1/s1. The summed E-state index contributed by atoms with van der Waals surface area (Å²) in [6.45, 7) is 3.64. The zero-order valence-corrected chi connectivity index (χ0v) is 6.75. The van der Waals surface area contributed by atoms with Gasteiger partial charge in [0.1, 0.15) is 0 Å². The van der Waals surface area contributed by atoms with Crippen LogP contribution in [0.3, 0.4) is 0 Å². The van der Waals surface area contributed by atoms with Gasteiger partial charge in [0, 0.05) is 6.42 Å². The van der Waals surface area contributed by atoms with Crippen LogP contribution in [0, 0.1) is 0 Å². The van der Waals surface area contributed by atoms with Gasteiger partial charge in [-0.2, -0.15) is 0 Å². The van der Waals surface area contributed by atoms with E-state index >= 15 is 0 Å². The van der Waals surface area contributed by atoms with Crippen molar-refractivity contribution >= 4 is 5.91 Å². The molecular formula is C8H13NO2. The number of piperidine rings is 1. The maximum atomic E-state index is 11.1. The minimum absolute atomic E-state index is 0.0589. The van der Waals surface area contributed by atoms with E-state index in [0.717, 1.165) is 12.8 Å². The topological polar surface area (TPSA) is 29.5 Å². The first-order chi connectivity index (χ1) is 5.29. The number of nitrogens with zero attached hydrogens (tertiary/aromatic N) is 1. The summed E-state index contributed by atoms with van der Waals surface area (Å²) >= 11 is 0. The Bertz CT molecular complexity index is 167. The van der Waals surface area contributed by atoms with Crippen molar-refractivity contribution in [2.24, 2.45) is 0 Å². The fourth-order valence-electron chi connectivity index (χ4n) is 1.33. The lowest BCUT2D eigenvalue weighted by Crippen LogP contribution is -2.41. The Morgan fingerprint density at radius 3 is 3.00 bits per heavy atom. The molecule has 11 heavy (non-hydrogen) atoms. The number of hydrogen-bond acceptors (Lipinski definition) is 2. The normalized spacial score (nSPS) is 25.4. The molecule has 1 fully saturated rings. The van der Waals surface area contributed by atoms with Gasteiger partial charge in [0.15, 0.2) is 0 Å². The quantitative estimate of drug-likeness (QED) is 0.559. The first-order valence-electron chi connectivity index (χ1n) is 3.78. The van der Waals surface area contributed by atoms with Crippen molar-refractivity contribution in [1.82, 2.24) is 5.06 Å². The summed E-state index contributed by atoms with van der Waals surface area (Å²) in [6, 6.07) is 0.0706. The number of hydroxylamine groups is 2. The van der Waals surface area contributed by atoms with Gasteiger partial charge in [0.2, 0.25) is 5.91 Å². The number of rotatable bonds is 2. The Kier molecular flexibility index (Phi) is 2.65. The fraction of sp³-hybridized carbons (Fsp3) is 0.625. The molecule has 1 aliphatic heterocycles. The van der Waals surface area contributed by atoms with E-state index in [1.54, 1.807) is 6.08 Å². The highest BCUT2D eigenvalue weighted by molar-refractivity contribution is 5.76. The number of carbonyl (C=O) groups excluding carboxylic acids is 1. The summed E-state index contributed by atoms with van der Waals surface area (Å²) in [5.41, 5.74) is 0. The molecule has 0 saturated carbocycles. The van der Waals surface area contributed by atoms with E-state index in [0.29, 0.717) is 6.42 Å². The van der Waals surface area contributed by atoms with Gasteiger partial charge in [-0.15, -0.1) is 6.58 Å². The average molecular weight is 155 g/mol. The molecule has 0 aromatic heterocycles. The number of amides is 1. The molecular weight excluding hydrogens is 142 g/mol. The molecule has 3 heteroatoms. The van der Waals surface area contributed by atoms with Gasteiger partial charge in [-0.05, 0) is 12.8 Å². The highest BCUT2D eigenvalue weighted by Gasteiger charge is 2.25. The van der Waals surface area contributed by atoms with E-state index in [4.69, 9.17) is 4.84 Å². The first kappa shape index (κ1) is 8.27. The monoisotopic (exact) mass is 155 g/mol. The van der Waals surface area contributed by atoms with Crippen LogP contribution in [0.5, 0.6) is 0 Å². The van der Waals surface area contributed by atoms with Crippen LogP contribution in [0.25, 0.3) is 0 Å². The summed E-state index contributed by atoms with van der Waals surface area (Å²) in [6.07, 6.45) is 4.25. The highest BCUT2D eigenvalue weighted by Crippen LogP contribution is 2.18. The van der Waals surface area contributed by atoms with Crippen molar-refractivity contribution in [3.8, 4) is 0 Å². The third-order valence-corrected chi connectivity index (χ3v) is 1.91. The van der Waals surface area contributed by atoms with Crippen molar-refractivity contribution < 1.29 is 9.63 Å². The smallest absolute Gasteiger partial charge is 0.246 e. The predicted molar refractivity (Wildman–Crippen MR) is 41.7 cm³/mol. The van der Waals surface area contributed by atoms with Crippen LogP contribution in [0.1, 0.15) is 19.3 Å². The molecule has 1 amide bonds. The minimum Gasteiger partial charge on any atom is -0.274 e. The van der Waals surface area contributed by atoms with Crippen molar-refractivity contribution in [2.45, 2.75) is 25.3 Å². The van der Waals surface area contributed by atoms with E-state index in [9.17, 15) is 4.79 Å². The van der Waals surface area contributed by atoms with Crippen molar-refractivity contribution in [3.63, 3.8) is 0 Å². The molecule has 0 bridgehead atoms. The molecule has 0 N–H and O–H groups in total. The predicted octanol–water partition coefficient (Wildman–Crippen LogP) is 1.11. The maximum Gasteiger partial charge on any atom is 0.246 e. The Morgan fingerprint density at radius 2 is 2.55 bits per heavy atom. The van der Waals surface area contributed by atoms with E-state index in [2.05, 4.69) is 6.58 Å². The molecule has 0 radical (unpaired) electrons.